The van der Waals surface area contributed by atoms with Crippen molar-refractivity contribution >= 4 is 5.78 Å². The number of carbonyl (C=O) groups excluding carboxylic acids is 1. The summed E-state index contributed by atoms with van der Waals surface area (Å²) < 4.78 is 12.6. The van der Waals surface area contributed by atoms with Gasteiger partial charge >= 0.3 is 0 Å². The molecule has 5 heteroatoms. The fraction of sp³-hybridized carbons (Fsp3) is 0.400. The van der Waals surface area contributed by atoms with Gasteiger partial charge in [-0.05, 0) is 64.2 Å². The van der Waals surface area contributed by atoms with E-state index in [4.69, 9.17) is 9.47 Å². The Morgan fingerprint density at radius 1 is 1.23 bits per heavy atom. The quantitative estimate of drug-likeness (QED) is 0.641. The van der Waals surface area contributed by atoms with Crippen molar-refractivity contribution in [1.29, 1.82) is 0 Å². The maximum Gasteiger partial charge on any atom is 0.174 e. The highest BCUT2D eigenvalue weighted by atomic mass is 16.5. The molecule has 2 atom stereocenters. The van der Waals surface area contributed by atoms with Gasteiger partial charge < -0.3 is 19.7 Å². The third-order valence-corrected chi connectivity index (χ3v) is 5.98. The number of ether oxygens (including phenoxy) is 2. The van der Waals surface area contributed by atoms with Crippen molar-refractivity contribution in [3.63, 3.8) is 0 Å². The lowest BCUT2D eigenvalue weighted by atomic mass is 9.85. The SMILES string of the molecule is CC(C)=CCCC1(C)CCc2c(cc(O)c3c2OC(c2ccc(O)cc2)CC3=O)O1. The molecule has 30 heavy (non-hydrogen) atoms. The standard InChI is InChI=1S/C25H28O5/c1-15(2)5-4-11-25(3)12-10-18-22(30-25)14-20(28)23-19(27)13-21(29-24(18)23)16-6-8-17(26)9-7-16/h5-9,14,21,26,28H,4,10-13H2,1-3H3. The Morgan fingerprint density at radius 3 is 2.67 bits per heavy atom. The largest absolute Gasteiger partial charge is 0.508 e. The van der Waals surface area contributed by atoms with Gasteiger partial charge in [-0.2, -0.15) is 0 Å². The van der Waals surface area contributed by atoms with Crippen molar-refractivity contribution in [3.8, 4) is 23.0 Å². The number of ketones is 1. The summed E-state index contributed by atoms with van der Waals surface area (Å²) >= 11 is 0. The molecule has 2 aromatic rings. The summed E-state index contributed by atoms with van der Waals surface area (Å²) in [6.07, 6.45) is 5.24. The first kappa shape index (κ1) is 20.3. The lowest BCUT2D eigenvalue weighted by Gasteiger charge is -2.38. The van der Waals surface area contributed by atoms with Crippen molar-refractivity contribution in [2.24, 2.45) is 0 Å². The predicted molar refractivity (Wildman–Crippen MR) is 115 cm³/mol. The molecule has 2 N–H and O–H groups in total. The zero-order valence-electron chi connectivity index (χ0n) is 17.7. The molecule has 2 aliphatic heterocycles. The molecule has 0 aromatic heterocycles. The van der Waals surface area contributed by atoms with Crippen LogP contribution in [0.5, 0.6) is 23.0 Å². The maximum absolute atomic E-state index is 12.8. The predicted octanol–water partition coefficient (Wildman–Crippen LogP) is 5.63. The fourth-order valence-electron chi connectivity index (χ4n) is 4.27. The summed E-state index contributed by atoms with van der Waals surface area (Å²) in [5.41, 5.74) is 2.87. The summed E-state index contributed by atoms with van der Waals surface area (Å²) in [4.78, 5) is 12.8. The average Bonchev–Trinajstić information content (AvgIpc) is 2.67. The van der Waals surface area contributed by atoms with Crippen LogP contribution in [0.3, 0.4) is 0 Å². The van der Waals surface area contributed by atoms with Gasteiger partial charge in [0, 0.05) is 11.6 Å². The molecular weight excluding hydrogens is 380 g/mol. The lowest BCUT2D eigenvalue weighted by molar-refractivity contribution is 0.0538. The molecule has 0 radical (unpaired) electrons. The molecule has 0 bridgehead atoms. The Morgan fingerprint density at radius 2 is 1.97 bits per heavy atom. The van der Waals surface area contributed by atoms with E-state index in [0.29, 0.717) is 11.5 Å². The van der Waals surface area contributed by atoms with Crippen LogP contribution >= 0.6 is 0 Å². The van der Waals surface area contributed by atoms with E-state index in [9.17, 15) is 15.0 Å². The number of allylic oxidation sites excluding steroid dienone is 2. The van der Waals surface area contributed by atoms with Crippen LogP contribution in [-0.2, 0) is 6.42 Å². The van der Waals surface area contributed by atoms with Crippen LogP contribution in [0.2, 0.25) is 0 Å². The van der Waals surface area contributed by atoms with E-state index in [1.54, 1.807) is 30.3 Å². The van der Waals surface area contributed by atoms with Gasteiger partial charge in [-0.1, -0.05) is 23.8 Å². The van der Waals surface area contributed by atoms with E-state index in [1.165, 1.54) is 5.57 Å². The van der Waals surface area contributed by atoms with Crippen molar-refractivity contribution in [1.82, 2.24) is 0 Å². The minimum Gasteiger partial charge on any atom is -0.508 e. The Labute approximate surface area is 177 Å². The van der Waals surface area contributed by atoms with Crippen LogP contribution in [0, 0.1) is 0 Å². The highest BCUT2D eigenvalue weighted by Crippen LogP contribution is 2.49. The zero-order valence-corrected chi connectivity index (χ0v) is 17.7. The Balaban J connectivity index is 1.65. The molecule has 2 heterocycles. The number of phenols is 2. The second-order valence-electron chi connectivity index (χ2n) is 8.77. The maximum atomic E-state index is 12.8. The van der Waals surface area contributed by atoms with Crippen LogP contribution in [-0.4, -0.2) is 21.6 Å². The van der Waals surface area contributed by atoms with E-state index in [0.717, 1.165) is 36.8 Å². The van der Waals surface area contributed by atoms with E-state index < -0.39 is 6.10 Å². The van der Waals surface area contributed by atoms with Crippen molar-refractivity contribution in [2.45, 2.75) is 64.6 Å². The zero-order chi connectivity index (χ0) is 21.5. The number of carbonyl (C=O) groups is 1. The number of benzene rings is 2. The first-order valence-corrected chi connectivity index (χ1v) is 10.5. The van der Waals surface area contributed by atoms with Gasteiger partial charge in [0.15, 0.2) is 5.78 Å². The second-order valence-corrected chi connectivity index (χ2v) is 8.77. The van der Waals surface area contributed by atoms with Gasteiger partial charge in [-0.15, -0.1) is 0 Å². The fourth-order valence-corrected chi connectivity index (χ4v) is 4.27. The monoisotopic (exact) mass is 408 g/mol. The van der Waals surface area contributed by atoms with E-state index in [1.807, 2.05) is 0 Å². The summed E-state index contributed by atoms with van der Waals surface area (Å²) in [6.45, 7) is 6.27. The molecule has 2 aromatic carbocycles. The molecule has 0 spiro atoms. The van der Waals surface area contributed by atoms with Crippen molar-refractivity contribution in [2.75, 3.05) is 0 Å². The second kappa shape index (κ2) is 7.71. The first-order chi connectivity index (χ1) is 14.3. The number of phenolic OH excluding ortho intramolecular Hbond substituents is 2. The van der Waals surface area contributed by atoms with Gasteiger partial charge in [0.05, 0.1) is 6.42 Å². The summed E-state index contributed by atoms with van der Waals surface area (Å²) in [7, 11) is 0. The molecular formula is C25H28O5. The van der Waals surface area contributed by atoms with Gasteiger partial charge in [0.25, 0.3) is 0 Å². The lowest BCUT2D eigenvalue weighted by Crippen LogP contribution is -2.36. The van der Waals surface area contributed by atoms with Crippen molar-refractivity contribution < 1.29 is 24.5 Å². The van der Waals surface area contributed by atoms with Crippen LogP contribution in [0.1, 0.15) is 74.0 Å². The Hall–Kier alpha value is -2.95. The van der Waals surface area contributed by atoms with E-state index in [-0.39, 0.29) is 34.9 Å². The molecule has 0 saturated heterocycles. The third kappa shape index (κ3) is 3.89. The number of hydrogen-bond acceptors (Lipinski definition) is 5. The number of aromatic hydroxyl groups is 2. The third-order valence-electron chi connectivity index (χ3n) is 5.98. The normalized spacial score (nSPS) is 22.4. The van der Waals surface area contributed by atoms with Gasteiger partial charge in [0.2, 0.25) is 0 Å². The molecule has 2 unspecified atom stereocenters. The summed E-state index contributed by atoms with van der Waals surface area (Å²) in [5, 5.41) is 20.1. The van der Waals surface area contributed by atoms with Crippen LogP contribution in [0.25, 0.3) is 0 Å². The van der Waals surface area contributed by atoms with Gasteiger partial charge in [0.1, 0.15) is 40.3 Å². The molecule has 0 fully saturated rings. The molecule has 158 valence electrons. The van der Waals surface area contributed by atoms with E-state index in [2.05, 4.69) is 26.8 Å². The Kier molecular flexibility index (Phi) is 5.22. The highest BCUT2D eigenvalue weighted by molar-refractivity contribution is 6.03. The van der Waals surface area contributed by atoms with E-state index >= 15 is 0 Å². The average molecular weight is 408 g/mol. The molecule has 5 nitrogen and oxygen atoms in total. The first-order valence-electron chi connectivity index (χ1n) is 10.5. The van der Waals surface area contributed by atoms with Crippen LogP contribution < -0.4 is 9.47 Å². The Bertz CT molecular complexity index is 1000. The minimum atomic E-state index is -0.456. The van der Waals surface area contributed by atoms with Crippen LogP contribution in [0.15, 0.2) is 42.0 Å². The molecule has 0 saturated carbocycles. The number of fused-ring (bicyclic) bond motifs is 3. The number of hydrogen-bond donors (Lipinski definition) is 2. The molecule has 4 rings (SSSR count). The van der Waals surface area contributed by atoms with Gasteiger partial charge in [-0.3, -0.25) is 4.79 Å². The molecule has 0 aliphatic carbocycles. The summed E-state index contributed by atoms with van der Waals surface area (Å²) in [5.74, 6) is 0.956. The number of Topliss-reactive ketones (excluding diaryl/α,β-unsaturated/α-hetero) is 1. The van der Waals surface area contributed by atoms with Gasteiger partial charge in [-0.25, -0.2) is 0 Å². The molecule has 0 amide bonds. The molecule has 2 aliphatic rings. The minimum absolute atomic E-state index is 0.0912. The topological polar surface area (TPSA) is 76.0 Å². The highest BCUT2D eigenvalue weighted by Gasteiger charge is 2.38. The smallest absolute Gasteiger partial charge is 0.174 e. The summed E-state index contributed by atoms with van der Waals surface area (Å²) in [6, 6.07) is 8.23. The van der Waals surface area contributed by atoms with Crippen LogP contribution in [0.4, 0.5) is 0 Å². The van der Waals surface area contributed by atoms with Crippen molar-refractivity contribution in [3.05, 3.63) is 58.7 Å². The number of rotatable bonds is 4.